The van der Waals surface area contributed by atoms with Crippen molar-refractivity contribution in [1.82, 2.24) is 0 Å². The van der Waals surface area contributed by atoms with Gasteiger partial charge in [0, 0.05) is 0 Å². The molecule has 0 fully saturated rings. The SMILES string of the molecule is CCCCCCC[CH2][Al+2]. The van der Waals surface area contributed by atoms with Crippen LogP contribution in [0.2, 0.25) is 5.28 Å². The van der Waals surface area contributed by atoms with E-state index in [-0.39, 0.29) is 0 Å². The summed E-state index contributed by atoms with van der Waals surface area (Å²) in [6.07, 6.45) is 8.51. The first-order chi connectivity index (χ1) is 4.41. The summed E-state index contributed by atoms with van der Waals surface area (Å²) in [5, 5.41) is 1.28. The Balaban J connectivity index is 2.60. The summed E-state index contributed by atoms with van der Waals surface area (Å²) in [6.45, 7) is 2.26. The van der Waals surface area contributed by atoms with Crippen molar-refractivity contribution in [2.45, 2.75) is 50.7 Å². The van der Waals surface area contributed by atoms with Crippen molar-refractivity contribution < 1.29 is 0 Å². The van der Waals surface area contributed by atoms with Gasteiger partial charge >= 0.3 is 67.0 Å². The van der Waals surface area contributed by atoms with Gasteiger partial charge < -0.3 is 0 Å². The standard InChI is InChI=1S/C8H17.Al/c1-3-5-7-8-6-4-2;/h1,3-8H2,2H3;/q;+2. The maximum absolute atomic E-state index is 2.78. The first-order valence-electron chi connectivity index (χ1n) is 4.12. The molecule has 1 heteroatoms. The minimum atomic E-state index is 1.28. The third-order valence-corrected chi connectivity index (χ3v) is 1.97. The average molecular weight is 140 g/mol. The molecule has 0 aromatic heterocycles. The fraction of sp³-hybridized carbons (Fsp3) is 1.00. The first kappa shape index (κ1) is 9.53. The molecular formula is C8H17Al+2. The van der Waals surface area contributed by atoms with Crippen molar-refractivity contribution in [3.05, 3.63) is 0 Å². The molecule has 0 bridgehead atoms. The Hall–Kier alpha value is 0.532. The first-order valence-corrected chi connectivity index (χ1v) is 4.93. The van der Waals surface area contributed by atoms with Crippen LogP contribution in [0.5, 0.6) is 0 Å². The van der Waals surface area contributed by atoms with Crippen molar-refractivity contribution in [2.75, 3.05) is 0 Å². The number of unbranched alkanes of at least 4 members (excludes halogenated alkanes) is 5. The Kier molecular flexibility index (Phi) is 9.04. The van der Waals surface area contributed by atoms with E-state index in [2.05, 4.69) is 23.2 Å². The third kappa shape index (κ3) is 8.53. The van der Waals surface area contributed by atoms with E-state index in [9.17, 15) is 0 Å². The average Bonchev–Trinajstić information content (AvgIpc) is 1.89. The van der Waals surface area contributed by atoms with Gasteiger partial charge in [-0.25, -0.2) is 0 Å². The van der Waals surface area contributed by atoms with E-state index in [0.717, 1.165) is 0 Å². The van der Waals surface area contributed by atoms with Crippen LogP contribution in [0.4, 0.5) is 0 Å². The maximum atomic E-state index is 2.78. The molecule has 0 saturated carbocycles. The number of hydrogen-bond donors (Lipinski definition) is 0. The van der Waals surface area contributed by atoms with E-state index in [4.69, 9.17) is 0 Å². The molecule has 0 atom stereocenters. The molecule has 50 valence electrons. The van der Waals surface area contributed by atoms with Gasteiger partial charge in [0.2, 0.25) is 0 Å². The molecule has 9 heavy (non-hydrogen) atoms. The van der Waals surface area contributed by atoms with Crippen LogP contribution in [0.15, 0.2) is 0 Å². The van der Waals surface area contributed by atoms with Crippen LogP contribution >= 0.6 is 0 Å². The van der Waals surface area contributed by atoms with Crippen molar-refractivity contribution in [2.24, 2.45) is 0 Å². The van der Waals surface area contributed by atoms with Gasteiger partial charge in [-0.15, -0.1) is 0 Å². The van der Waals surface area contributed by atoms with E-state index >= 15 is 0 Å². The molecule has 0 aliphatic rings. The summed E-state index contributed by atoms with van der Waals surface area (Å²) >= 11 is 2.78. The molecule has 0 saturated heterocycles. The summed E-state index contributed by atoms with van der Waals surface area (Å²) < 4.78 is 0. The fourth-order valence-corrected chi connectivity index (χ4v) is 1.21. The molecule has 0 unspecified atom stereocenters. The zero-order valence-corrected chi connectivity index (χ0v) is 7.68. The molecule has 0 amide bonds. The van der Waals surface area contributed by atoms with Crippen LogP contribution in [0.25, 0.3) is 0 Å². The predicted octanol–water partition coefficient (Wildman–Crippen LogP) is 2.93. The Morgan fingerprint density at radius 3 is 2.00 bits per heavy atom. The second-order valence-electron chi connectivity index (χ2n) is 2.56. The second kappa shape index (κ2) is 8.53. The normalized spacial score (nSPS) is 10.1. The van der Waals surface area contributed by atoms with E-state index in [1.54, 1.807) is 0 Å². The Morgan fingerprint density at radius 2 is 1.44 bits per heavy atom. The molecule has 0 aliphatic carbocycles. The zero-order valence-electron chi connectivity index (χ0n) is 6.53. The third-order valence-electron chi connectivity index (χ3n) is 1.56. The summed E-state index contributed by atoms with van der Waals surface area (Å²) in [5.74, 6) is 0. The van der Waals surface area contributed by atoms with Crippen LogP contribution in [-0.2, 0) is 0 Å². The molecule has 0 aliphatic heterocycles. The van der Waals surface area contributed by atoms with Crippen molar-refractivity contribution >= 4 is 16.3 Å². The van der Waals surface area contributed by atoms with Crippen LogP contribution in [-0.4, -0.2) is 16.3 Å². The second-order valence-corrected chi connectivity index (χ2v) is 3.13. The zero-order chi connectivity index (χ0) is 6.95. The van der Waals surface area contributed by atoms with E-state index in [1.807, 2.05) is 0 Å². The van der Waals surface area contributed by atoms with Crippen molar-refractivity contribution in [3.8, 4) is 0 Å². The molecule has 0 spiro atoms. The Bertz CT molecular complexity index is 37.8. The molecule has 0 aromatic rings. The Labute approximate surface area is 67.5 Å². The van der Waals surface area contributed by atoms with Gasteiger partial charge in [0.15, 0.2) is 0 Å². The molecule has 0 N–H and O–H groups in total. The molecule has 0 heterocycles. The number of hydrogen-bond acceptors (Lipinski definition) is 0. The fourth-order valence-electron chi connectivity index (χ4n) is 0.925. The van der Waals surface area contributed by atoms with Gasteiger partial charge in [0.05, 0.1) is 0 Å². The van der Waals surface area contributed by atoms with Gasteiger partial charge in [-0.1, -0.05) is 0 Å². The molecule has 0 rings (SSSR count). The Morgan fingerprint density at radius 1 is 0.889 bits per heavy atom. The molecule has 0 radical (unpaired) electrons. The van der Waals surface area contributed by atoms with Gasteiger partial charge in [0.1, 0.15) is 0 Å². The van der Waals surface area contributed by atoms with Crippen molar-refractivity contribution in [3.63, 3.8) is 0 Å². The van der Waals surface area contributed by atoms with Gasteiger partial charge in [0.25, 0.3) is 0 Å². The van der Waals surface area contributed by atoms with Crippen LogP contribution in [0.1, 0.15) is 45.4 Å². The monoisotopic (exact) mass is 140 g/mol. The van der Waals surface area contributed by atoms with E-state index in [0.29, 0.717) is 0 Å². The topological polar surface area (TPSA) is 0 Å². The quantitative estimate of drug-likeness (QED) is 0.393. The van der Waals surface area contributed by atoms with Crippen LogP contribution in [0.3, 0.4) is 0 Å². The molecule has 0 nitrogen and oxygen atoms in total. The van der Waals surface area contributed by atoms with Crippen LogP contribution < -0.4 is 0 Å². The predicted molar refractivity (Wildman–Crippen MR) is 43.9 cm³/mol. The summed E-state index contributed by atoms with van der Waals surface area (Å²) in [4.78, 5) is 0. The van der Waals surface area contributed by atoms with Crippen LogP contribution in [0, 0.1) is 0 Å². The minimum absolute atomic E-state index is 1.28. The van der Waals surface area contributed by atoms with E-state index in [1.165, 1.54) is 43.8 Å². The summed E-state index contributed by atoms with van der Waals surface area (Å²) in [7, 11) is 0. The van der Waals surface area contributed by atoms with E-state index < -0.39 is 0 Å². The summed E-state index contributed by atoms with van der Waals surface area (Å²) in [5.41, 5.74) is 0. The summed E-state index contributed by atoms with van der Waals surface area (Å²) in [6, 6.07) is 0. The van der Waals surface area contributed by atoms with Gasteiger partial charge in [-0.05, 0) is 0 Å². The molecule has 0 aromatic carbocycles. The van der Waals surface area contributed by atoms with Gasteiger partial charge in [-0.3, -0.25) is 0 Å². The number of rotatable bonds is 6. The van der Waals surface area contributed by atoms with Crippen molar-refractivity contribution in [1.29, 1.82) is 0 Å². The van der Waals surface area contributed by atoms with Gasteiger partial charge in [-0.2, -0.15) is 0 Å². The molecular weight excluding hydrogens is 123 g/mol.